The SMILES string of the molecule is O=C(O)CCCCCCNC(=O)N1CCS(=O)CC1. The molecule has 0 spiro atoms. The van der Waals surface area contributed by atoms with Crippen molar-refractivity contribution in [1.29, 1.82) is 0 Å². The second-order valence-corrected chi connectivity index (χ2v) is 6.32. The predicted octanol–water partition coefficient (Wildman–Crippen LogP) is 0.795. The zero-order valence-electron chi connectivity index (χ0n) is 11.1. The van der Waals surface area contributed by atoms with Crippen molar-refractivity contribution in [1.82, 2.24) is 10.2 Å². The molecule has 1 rings (SSSR count). The Morgan fingerprint density at radius 3 is 2.37 bits per heavy atom. The molecule has 2 amide bonds. The average Bonchev–Trinajstić information content (AvgIpc) is 2.38. The van der Waals surface area contributed by atoms with Gasteiger partial charge in [0.05, 0.1) is 0 Å². The monoisotopic (exact) mass is 290 g/mol. The summed E-state index contributed by atoms with van der Waals surface area (Å²) in [5.74, 6) is 0.390. The van der Waals surface area contributed by atoms with E-state index in [1.807, 2.05) is 0 Å². The molecule has 0 aromatic heterocycles. The molecule has 0 aromatic carbocycles. The van der Waals surface area contributed by atoms with Crippen LogP contribution >= 0.6 is 0 Å². The Labute approximate surface area is 116 Å². The van der Waals surface area contributed by atoms with Gasteiger partial charge in [0.1, 0.15) is 0 Å². The highest BCUT2D eigenvalue weighted by Gasteiger charge is 2.19. The number of nitrogens with zero attached hydrogens (tertiary/aromatic N) is 1. The highest BCUT2D eigenvalue weighted by molar-refractivity contribution is 7.85. The number of aliphatic carboxylic acids is 1. The number of carbonyl (C=O) groups is 2. The molecule has 0 bridgehead atoms. The highest BCUT2D eigenvalue weighted by Crippen LogP contribution is 2.03. The summed E-state index contributed by atoms with van der Waals surface area (Å²) in [5, 5.41) is 11.3. The molecular weight excluding hydrogens is 268 g/mol. The van der Waals surface area contributed by atoms with Crippen LogP contribution in [0.25, 0.3) is 0 Å². The first-order valence-corrected chi connectivity index (χ1v) is 8.18. The number of unbranched alkanes of at least 4 members (excludes halogenated alkanes) is 3. The Morgan fingerprint density at radius 2 is 1.74 bits per heavy atom. The van der Waals surface area contributed by atoms with E-state index in [-0.39, 0.29) is 12.5 Å². The van der Waals surface area contributed by atoms with Crippen LogP contribution < -0.4 is 5.32 Å². The third-order valence-corrected chi connectivity index (χ3v) is 4.33. The fourth-order valence-electron chi connectivity index (χ4n) is 1.90. The van der Waals surface area contributed by atoms with Crippen molar-refractivity contribution in [3.8, 4) is 0 Å². The number of rotatable bonds is 7. The summed E-state index contributed by atoms with van der Waals surface area (Å²) in [4.78, 5) is 23.7. The van der Waals surface area contributed by atoms with Crippen molar-refractivity contribution in [3.05, 3.63) is 0 Å². The largest absolute Gasteiger partial charge is 0.481 e. The van der Waals surface area contributed by atoms with E-state index >= 15 is 0 Å². The summed E-state index contributed by atoms with van der Waals surface area (Å²) >= 11 is 0. The molecular formula is C12H22N2O4S. The summed E-state index contributed by atoms with van der Waals surface area (Å²) < 4.78 is 11.2. The quantitative estimate of drug-likeness (QED) is 0.679. The zero-order valence-corrected chi connectivity index (χ0v) is 11.9. The van der Waals surface area contributed by atoms with E-state index < -0.39 is 16.8 Å². The van der Waals surface area contributed by atoms with Gasteiger partial charge in [-0.15, -0.1) is 0 Å². The van der Waals surface area contributed by atoms with Crippen LogP contribution in [0.2, 0.25) is 0 Å². The summed E-state index contributed by atoms with van der Waals surface area (Å²) in [6.45, 7) is 1.75. The van der Waals surface area contributed by atoms with Gasteiger partial charge >= 0.3 is 12.0 Å². The Bertz CT molecular complexity index is 326. The first-order chi connectivity index (χ1) is 9.09. The van der Waals surface area contributed by atoms with Crippen LogP contribution in [0.3, 0.4) is 0 Å². The van der Waals surface area contributed by atoms with Gasteiger partial charge in [0.2, 0.25) is 0 Å². The Morgan fingerprint density at radius 1 is 1.11 bits per heavy atom. The van der Waals surface area contributed by atoms with Crippen LogP contribution in [-0.4, -0.2) is 57.4 Å². The fraction of sp³-hybridized carbons (Fsp3) is 0.833. The molecule has 0 atom stereocenters. The normalized spacial score (nSPS) is 16.3. The Hall–Kier alpha value is -1.11. The third kappa shape index (κ3) is 7.15. The molecule has 0 saturated carbocycles. The van der Waals surface area contributed by atoms with E-state index in [4.69, 9.17) is 5.11 Å². The van der Waals surface area contributed by atoms with Gasteiger partial charge in [-0.05, 0) is 12.8 Å². The van der Waals surface area contributed by atoms with Gasteiger partial charge < -0.3 is 15.3 Å². The van der Waals surface area contributed by atoms with Gasteiger partial charge in [-0.1, -0.05) is 12.8 Å². The van der Waals surface area contributed by atoms with E-state index in [2.05, 4.69) is 5.32 Å². The van der Waals surface area contributed by atoms with E-state index in [1.165, 1.54) is 0 Å². The van der Waals surface area contributed by atoms with Gasteiger partial charge in [-0.2, -0.15) is 0 Å². The highest BCUT2D eigenvalue weighted by atomic mass is 32.2. The lowest BCUT2D eigenvalue weighted by molar-refractivity contribution is -0.137. The maximum absolute atomic E-state index is 11.7. The maximum atomic E-state index is 11.7. The van der Waals surface area contributed by atoms with Gasteiger partial charge in [-0.3, -0.25) is 9.00 Å². The molecule has 6 nitrogen and oxygen atoms in total. The summed E-state index contributed by atoms with van der Waals surface area (Å²) in [6, 6.07) is -0.0813. The molecule has 7 heteroatoms. The van der Waals surface area contributed by atoms with Crippen LogP contribution in [0, 0.1) is 0 Å². The molecule has 1 aliphatic rings. The number of carboxylic acid groups (broad SMARTS) is 1. The van der Waals surface area contributed by atoms with E-state index in [9.17, 15) is 13.8 Å². The summed E-state index contributed by atoms with van der Waals surface area (Å²) in [6.07, 6.45) is 3.59. The van der Waals surface area contributed by atoms with E-state index in [1.54, 1.807) is 4.90 Å². The molecule has 19 heavy (non-hydrogen) atoms. The predicted molar refractivity (Wildman–Crippen MR) is 73.6 cm³/mol. The Balaban J connectivity index is 1.98. The van der Waals surface area contributed by atoms with Crippen LogP contribution in [0.4, 0.5) is 4.79 Å². The number of hydrogen-bond donors (Lipinski definition) is 2. The number of carbonyl (C=O) groups excluding carboxylic acids is 1. The van der Waals surface area contributed by atoms with Crippen LogP contribution in [0.15, 0.2) is 0 Å². The smallest absolute Gasteiger partial charge is 0.317 e. The van der Waals surface area contributed by atoms with Gasteiger partial charge in [-0.25, -0.2) is 4.79 Å². The molecule has 0 unspecified atom stereocenters. The maximum Gasteiger partial charge on any atom is 0.317 e. The van der Waals surface area contributed by atoms with Crippen LogP contribution in [0.5, 0.6) is 0 Å². The van der Waals surface area contributed by atoms with Crippen LogP contribution in [0.1, 0.15) is 32.1 Å². The summed E-state index contributed by atoms with van der Waals surface area (Å²) in [5.41, 5.74) is 0. The number of amides is 2. The second-order valence-electron chi connectivity index (χ2n) is 4.63. The Kier molecular flexibility index (Phi) is 7.47. The zero-order chi connectivity index (χ0) is 14.1. The first-order valence-electron chi connectivity index (χ1n) is 6.69. The molecule has 0 aliphatic carbocycles. The van der Waals surface area contributed by atoms with Crippen molar-refractivity contribution in [2.75, 3.05) is 31.1 Å². The second kappa shape index (κ2) is 8.90. The minimum atomic E-state index is -0.762. The molecule has 1 saturated heterocycles. The molecule has 1 fully saturated rings. The molecule has 2 N–H and O–H groups in total. The van der Waals surface area contributed by atoms with Crippen molar-refractivity contribution >= 4 is 22.8 Å². The fourth-order valence-corrected chi connectivity index (χ4v) is 2.96. The lowest BCUT2D eigenvalue weighted by Crippen LogP contribution is -2.47. The lowest BCUT2D eigenvalue weighted by atomic mass is 10.1. The first kappa shape index (κ1) is 15.9. The topological polar surface area (TPSA) is 86.7 Å². The van der Waals surface area contributed by atoms with Gasteiger partial charge in [0, 0.05) is 48.4 Å². The molecule has 0 radical (unpaired) electrons. The standard InChI is InChI=1S/C12H22N2O4S/c15-11(16)5-3-1-2-4-6-13-12(17)14-7-9-19(18)10-8-14/h1-10H2,(H,13,17)(H,15,16). The molecule has 1 heterocycles. The lowest BCUT2D eigenvalue weighted by Gasteiger charge is -2.26. The van der Waals surface area contributed by atoms with Crippen molar-refractivity contribution in [2.45, 2.75) is 32.1 Å². The molecule has 1 aliphatic heterocycles. The van der Waals surface area contributed by atoms with Crippen molar-refractivity contribution in [3.63, 3.8) is 0 Å². The van der Waals surface area contributed by atoms with Gasteiger partial charge in [0.15, 0.2) is 0 Å². The number of hydrogen-bond acceptors (Lipinski definition) is 3. The minimum Gasteiger partial charge on any atom is -0.481 e. The van der Waals surface area contributed by atoms with E-state index in [0.29, 0.717) is 37.6 Å². The molecule has 0 aromatic rings. The molecule has 110 valence electrons. The van der Waals surface area contributed by atoms with E-state index in [0.717, 1.165) is 19.3 Å². The number of urea groups is 1. The average molecular weight is 290 g/mol. The van der Waals surface area contributed by atoms with Crippen LogP contribution in [-0.2, 0) is 15.6 Å². The minimum absolute atomic E-state index is 0.0813. The number of carboxylic acids is 1. The van der Waals surface area contributed by atoms with Crippen molar-refractivity contribution in [2.24, 2.45) is 0 Å². The number of nitrogens with one attached hydrogen (secondary N) is 1. The third-order valence-electron chi connectivity index (χ3n) is 3.06. The summed E-state index contributed by atoms with van der Waals surface area (Å²) in [7, 11) is -0.762. The van der Waals surface area contributed by atoms with Crippen molar-refractivity contribution < 1.29 is 18.9 Å². The van der Waals surface area contributed by atoms with Gasteiger partial charge in [0.25, 0.3) is 0 Å².